The van der Waals surface area contributed by atoms with E-state index in [1.54, 1.807) is 18.4 Å². The first-order chi connectivity index (χ1) is 9.78. The van der Waals surface area contributed by atoms with Crippen LogP contribution in [0.2, 0.25) is 0 Å². The predicted molar refractivity (Wildman–Crippen MR) is 73.0 cm³/mol. The molecule has 106 valence electrons. The molecule has 0 fully saturated rings. The van der Waals surface area contributed by atoms with Gasteiger partial charge < -0.3 is 19.6 Å². The first-order valence-corrected chi connectivity index (χ1v) is 6.38. The Morgan fingerprint density at radius 2 is 2.05 bits per heavy atom. The Morgan fingerprint density at radius 1 is 1.25 bits per heavy atom. The van der Waals surface area contributed by atoms with Crippen LogP contribution in [0, 0.1) is 0 Å². The summed E-state index contributed by atoms with van der Waals surface area (Å²) in [6.07, 6.45) is 1.42. The molecule has 0 aliphatic heterocycles. The third-order valence-corrected chi connectivity index (χ3v) is 2.78. The normalized spacial score (nSPS) is 11.8. The molecule has 2 N–H and O–H groups in total. The number of carbonyl (C=O) groups excluding carboxylic acids is 1. The average molecular weight is 275 g/mol. The number of hydrogen-bond acceptors (Lipinski definition) is 4. The van der Waals surface area contributed by atoms with Gasteiger partial charge in [0.15, 0.2) is 0 Å². The van der Waals surface area contributed by atoms with Crippen LogP contribution in [0.15, 0.2) is 53.1 Å². The highest BCUT2D eigenvalue weighted by Crippen LogP contribution is 2.05. The summed E-state index contributed by atoms with van der Waals surface area (Å²) in [4.78, 5) is 11.6. The van der Waals surface area contributed by atoms with Gasteiger partial charge in [0.2, 0.25) is 0 Å². The molecule has 5 nitrogen and oxygen atoms in total. The Bertz CT molecular complexity index is 510. The maximum Gasteiger partial charge on any atom is 0.407 e. The van der Waals surface area contributed by atoms with E-state index in [4.69, 9.17) is 9.15 Å². The zero-order valence-electron chi connectivity index (χ0n) is 11.0. The number of rotatable bonds is 6. The number of amides is 1. The summed E-state index contributed by atoms with van der Waals surface area (Å²) >= 11 is 0. The molecule has 0 spiro atoms. The SMILES string of the molecule is O=C(NC(CO)Cc1ccco1)OCc1ccccc1. The molecule has 1 amide bonds. The molecule has 0 saturated heterocycles. The second-order valence-electron chi connectivity index (χ2n) is 4.37. The standard InChI is InChI=1S/C15H17NO4/c17-10-13(9-14-7-4-8-19-14)16-15(18)20-11-12-5-2-1-3-6-12/h1-8,13,17H,9-11H2,(H,16,18). The van der Waals surface area contributed by atoms with Crippen LogP contribution in [0.1, 0.15) is 11.3 Å². The second kappa shape index (κ2) is 7.35. The molecule has 5 heteroatoms. The van der Waals surface area contributed by atoms with E-state index in [0.717, 1.165) is 5.56 Å². The molecule has 0 aliphatic rings. The van der Waals surface area contributed by atoms with Crippen LogP contribution in [0.3, 0.4) is 0 Å². The largest absolute Gasteiger partial charge is 0.469 e. The maximum absolute atomic E-state index is 11.6. The quantitative estimate of drug-likeness (QED) is 0.847. The van der Waals surface area contributed by atoms with E-state index in [1.165, 1.54) is 0 Å². The molecule has 1 aromatic carbocycles. The van der Waals surface area contributed by atoms with Gasteiger partial charge in [0.25, 0.3) is 0 Å². The molecule has 1 heterocycles. The molecular formula is C15H17NO4. The van der Waals surface area contributed by atoms with Gasteiger partial charge in [-0.2, -0.15) is 0 Å². The molecule has 0 aliphatic carbocycles. The van der Waals surface area contributed by atoms with Crippen molar-refractivity contribution in [3.8, 4) is 0 Å². The van der Waals surface area contributed by atoms with Crippen molar-refractivity contribution in [2.75, 3.05) is 6.61 Å². The first-order valence-electron chi connectivity index (χ1n) is 6.38. The topological polar surface area (TPSA) is 71.7 Å². The summed E-state index contributed by atoms with van der Waals surface area (Å²) in [7, 11) is 0. The monoisotopic (exact) mass is 275 g/mol. The smallest absolute Gasteiger partial charge is 0.407 e. The van der Waals surface area contributed by atoms with Gasteiger partial charge in [-0.15, -0.1) is 0 Å². The minimum absolute atomic E-state index is 0.179. The number of aliphatic hydroxyl groups is 1. The second-order valence-corrected chi connectivity index (χ2v) is 4.37. The van der Waals surface area contributed by atoms with Gasteiger partial charge in [-0.1, -0.05) is 30.3 Å². The first kappa shape index (κ1) is 14.1. The number of hydrogen-bond donors (Lipinski definition) is 2. The number of alkyl carbamates (subject to hydrolysis) is 1. The molecule has 1 unspecified atom stereocenters. The van der Waals surface area contributed by atoms with Gasteiger partial charge in [0, 0.05) is 6.42 Å². The third-order valence-electron chi connectivity index (χ3n) is 2.78. The van der Waals surface area contributed by atoms with Crippen molar-refractivity contribution in [2.24, 2.45) is 0 Å². The van der Waals surface area contributed by atoms with Crippen molar-refractivity contribution >= 4 is 6.09 Å². The van der Waals surface area contributed by atoms with Crippen molar-refractivity contribution in [3.05, 3.63) is 60.1 Å². The van der Waals surface area contributed by atoms with E-state index in [-0.39, 0.29) is 13.2 Å². The summed E-state index contributed by atoms with van der Waals surface area (Å²) in [5.41, 5.74) is 0.911. The zero-order chi connectivity index (χ0) is 14.2. The number of aliphatic hydroxyl groups excluding tert-OH is 1. The highest BCUT2D eigenvalue weighted by molar-refractivity contribution is 5.67. The van der Waals surface area contributed by atoms with E-state index >= 15 is 0 Å². The number of furan rings is 1. The van der Waals surface area contributed by atoms with Gasteiger partial charge in [-0.25, -0.2) is 4.79 Å². The third kappa shape index (κ3) is 4.44. The highest BCUT2D eigenvalue weighted by atomic mass is 16.5. The fourth-order valence-corrected chi connectivity index (χ4v) is 1.76. The summed E-state index contributed by atoms with van der Waals surface area (Å²) in [6, 6.07) is 12.5. The van der Waals surface area contributed by atoms with E-state index in [2.05, 4.69) is 5.32 Å². The Hall–Kier alpha value is -2.27. The van der Waals surface area contributed by atoms with Gasteiger partial charge in [-0.05, 0) is 17.7 Å². The van der Waals surface area contributed by atoms with Crippen LogP contribution in [-0.2, 0) is 17.8 Å². The summed E-state index contributed by atoms with van der Waals surface area (Å²) in [5, 5.41) is 11.9. The van der Waals surface area contributed by atoms with Crippen LogP contribution in [0.4, 0.5) is 4.79 Å². The molecule has 1 aromatic heterocycles. The zero-order valence-corrected chi connectivity index (χ0v) is 11.0. The maximum atomic E-state index is 11.6. The lowest BCUT2D eigenvalue weighted by Crippen LogP contribution is -2.39. The van der Waals surface area contributed by atoms with Crippen molar-refractivity contribution in [1.82, 2.24) is 5.32 Å². The minimum Gasteiger partial charge on any atom is -0.469 e. The molecule has 0 saturated carbocycles. The Morgan fingerprint density at radius 3 is 2.70 bits per heavy atom. The Kier molecular flexibility index (Phi) is 5.20. The van der Waals surface area contributed by atoms with E-state index in [9.17, 15) is 9.90 Å². The molecule has 2 aromatic rings. The number of carbonyl (C=O) groups is 1. The van der Waals surface area contributed by atoms with Crippen LogP contribution in [-0.4, -0.2) is 23.8 Å². The highest BCUT2D eigenvalue weighted by Gasteiger charge is 2.14. The molecule has 1 atom stereocenters. The molecule has 0 bridgehead atoms. The summed E-state index contributed by atoms with van der Waals surface area (Å²) < 4.78 is 10.3. The van der Waals surface area contributed by atoms with Gasteiger partial charge in [0.05, 0.1) is 18.9 Å². The lowest BCUT2D eigenvalue weighted by Gasteiger charge is -2.15. The van der Waals surface area contributed by atoms with Crippen molar-refractivity contribution in [2.45, 2.75) is 19.1 Å². The number of ether oxygens (including phenoxy) is 1. The Labute approximate surface area is 117 Å². The number of nitrogens with one attached hydrogen (secondary N) is 1. The van der Waals surface area contributed by atoms with Crippen molar-refractivity contribution < 1.29 is 19.1 Å². The summed E-state index contributed by atoms with van der Waals surface area (Å²) in [6.45, 7) is 0.0205. The van der Waals surface area contributed by atoms with Crippen LogP contribution in [0.5, 0.6) is 0 Å². The lowest BCUT2D eigenvalue weighted by molar-refractivity contribution is 0.128. The van der Waals surface area contributed by atoms with Crippen LogP contribution in [0.25, 0.3) is 0 Å². The predicted octanol–water partition coefficient (Wildman–Crippen LogP) is 2.11. The van der Waals surface area contributed by atoms with Crippen molar-refractivity contribution in [3.63, 3.8) is 0 Å². The van der Waals surface area contributed by atoms with Crippen molar-refractivity contribution in [1.29, 1.82) is 0 Å². The van der Waals surface area contributed by atoms with E-state index in [0.29, 0.717) is 12.2 Å². The van der Waals surface area contributed by atoms with Crippen LogP contribution < -0.4 is 5.32 Å². The van der Waals surface area contributed by atoms with Gasteiger partial charge in [-0.3, -0.25) is 0 Å². The molecule has 20 heavy (non-hydrogen) atoms. The van der Waals surface area contributed by atoms with Gasteiger partial charge in [0.1, 0.15) is 12.4 Å². The fraction of sp³-hybridized carbons (Fsp3) is 0.267. The van der Waals surface area contributed by atoms with Gasteiger partial charge >= 0.3 is 6.09 Å². The molecule has 2 rings (SSSR count). The lowest BCUT2D eigenvalue weighted by atomic mass is 10.2. The number of benzene rings is 1. The minimum atomic E-state index is -0.556. The molecule has 0 radical (unpaired) electrons. The average Bonchev–Trinajstić information content (AvgIpc) is 2.98. The van der Waals surface area contributed by atoms with Crippen LogP contribution >= 0.6 is 0 Å². The van der Waals surface area contributed by atoms with E-state index < -0.39 is 12.1 Å². The fourth-order valence-electron chi connectivity index (χ4n) is 1.76. The van der Waals surface area contributed by atoms with E-state index in [1.807, 2.05) is 30.3 Å². The molecular weight excluding hydrogens is 258 g/mol. The Balaban J connectivity index is 1.77. The summed E-state index contributed by atoms with van der Waals surface area (Å²) in [5.74, 6) is 0.701.